The molecule has 0 radical (unpaired) electrons. The number of nitrogens with one attached hydrogen (secondary N) is 1. The van der Waals surface area contributed by atoms with E-state index in [9.17, 15) is 9.59 Å². The maximum Gasteiger partial charge on any atom is 0.234 e. The summed E-state index contributed by atoms with van der Waals surface area (Å²) in [5.74, 6) is 0.729. The van der Waals surface area contributed by atoms with Crippen molar-refractivity contribution in [3.63, 3.8) is 0 Å². The highest BCUT2D eigenvalue weighted by molar-refractivity contribution is 5.82. The Morgan fingerprint density at radius 2 is 2.05 bits per heavy atom. The van der Waals surface area contributed by atoms with Crippen molar-refractivity contribution >= 4 is 11.7 Å². The molecule has 0 aromatic heterocycles. The number of nitrogens with zero attached hydrogens (tertiary/aromatic N) is 1. The maximum atomic E-state index is 12.2. The van der Waals surface area contributed by atoms with Crippen molar-refractivity contribution < 1.29 is 9.59 Å². The van der Waals surface area contributed by atoms with Crippen LogP contribution in [0.4, 0.5) is 0 Å². The predicted molar refractivity (Wildman–Crippen MR) is 79.5 cm³/mol. The van der Waals surface area contributed by atoms with Crippen LogP contribution in [0.5, 0.6) is 0 Å². The molecule has 0 bridgehead atoms. The highest BCUT2D eigenvalue weighted by Crippen LogP contribution is 2.31. The summed E-state index contributed by atoms with van der Waals surface area (Å²) in [6, 6.07) is 0.309. The van der Waals surface area contributed by atoms with Gasteiger partial charge in [0, 0.05) is 24.9 Å². The monoisotopic (exact) mass is 280 g/mol. The third-order valence-corrected chi connectivity index (χ3v) is 4.65. The van der Waals surface area contributed by atoms with Gasteiger partial charge in [0.15, 0.2) is 0 Å². The van der Waals surface area contributed by atoms with Gasteiger partial charge in [-0.15, -0.1) is 0 Å². The first kappa shape index (κ1) is 15.5. The molecular weight excluding hydrogens is 252 g/mol. The number of Topliss-reactive ketones (excluding diaryl/α,β-unsaturated/α-hetero) is 1. The van der Waals surface area contributed by atoms with E-state index >= 15 is 0 Å². The second kappa shape index (κ2) is 7.77. The molecule has 2 fully saturated rings. The smallest absolute Gasteiger partial charge is 0.234 e. The molecule has 114 valence electrons. The molecule has 1 amide bonds. The van der Waals surface area contributed by atoms with Crippen LogP contribution in [0.15, 0.2) is 0 Å². The molecule has 4 nitrogen and oxygen atoms in total. The van der Waals surface area contributed by atoms with E-state index in [1.807, 2.05) is 0 Å². The summed E-state index contributed by atoms with van der Waals surface area (Å²) in [7, 11) is 0. The molecule has 2 atom stereocenters. The van der Waals surface area contributed by atoms with E-state index in [0.29, 0.717) is 18.4 Å². The zero-order chi connectivity index (χ0) is 14.4. The van der Waals surface area contributed by atoms with E-state index in [-0.39, 0.29) is 11.8 Å². The SMILES string of the molecule is CCCNC(=O)CN1CCCCC1C1CCCCC1=O. The average molecular weight is 280 g/mol. The lowest BCUT2D eigenvalue weighted by Crippen LogP contribution is -2.50. The number of ketones is 1. The van der Waals surface area contributed by atoms with E-state index in [2.05, 4.69) is 17.1 Å². The number of carbonyl (C=O) groups excluding carboxylic acids is 2. The minimum absolute atomic E-state index is 0.113. The largest absolute Gasteiger partial charge is 0.355 e. The first-order chi connectivity index (χ1) is 9.72. The molecule has 0 aromatic carbocycles. The molecular formula is C16H28N2O2. The Bertz CT molecular complexity index is 343. The first-order valence-electron chi connectivity index (χ1n) is 8.26. The minimum atomic E-state index is 0.113. The normalized spacial score (nSPS) is 28.4. The lowest BCUT2D eigenvalue weighted by molar-refractivity contribution is -0.130. The number of piperidine rings is 1. The molecule has 1 heterocycles. The van der Waals surface area contributed by atoms with Gasteiger partial charge in [-0.25, -0.2) is 0 Å². The summed E-state index contributed by atoms with van der Waals surface area (Å²) in [5.41, 5.74) is 0. The summed E-state index contributed by atoms with van der Waals surface area (Å²) in [4.78, 5) is 26.4. The van der Waals surface area contributed by atoms with Gasteiger partial charge in [-0.1, -0.05) is 19.8 Å². The summed E-state index contributed by atoms with van der Waals surface area (Å²) in [6.45, 7) is 4.24. The molecule has 1 saturated carbocycles. The van der Waals surface area contributed by atoms with Crippen LogP contribution in [0.2, 0.25) is 0 Å². The minimum Gasteiger partial charge on any atom is -0.355 e. The number of amides is 1. The Morgan fingerprint density at radius 3 is 2.80 bits per heavy atom. The van der Waals surface area contributed by atoms with Crippen molar-refractivity contribution in [1.82, 2.24) is 10.2 Å². The highest BCUT2D eigenvalue weighted by atomic mass is 16.2. The van der Waals surface area contributed by atoms with Crippen LogP contribution in [0.1, 0.15) is 58.3 Å². The van der Waals surface area contributed by atoms with Gasteiger partial charge in [0.05, 0.1) is 6.54 Å². The molecule has 2 rings (SSSR count). The average Bonchev–Trinajstić information content (AvgIpc) is 2.46. The highest BCUT2D eigenvalue weighted by Gasteiger charge is 2.35. The topological polar surface area (TPSA) is 49.4 Å². The molecule has 0 spiro atoms. The second-order valence-corrected chi connectivity index (χ2v) is 6.20. The lowest BCUT2D eigenvalue weighted by Gasteiger charge is -2.40. The van der Waals surface area contributed by atoms with Crippen molar-refractivity contribution in [2.24, 2.45) is 5.92 Å². The number of likely N-dealkylation sites (tertiary alicyclic amines) is 1. The molecule has 1 aliphatic carbocycles. The third kappa shape index (κ3) is 4.05. The van der Waals surface area contributed by atoms with Crippen molar-refractivity contribution in [2.45, 2.75) is 64.3 Å². The molecule has 1 N–H and O–H groups in total. The van der Waals surface area contributed by atoms with Gasteiger partial charge in [-0.05, 0) is 38.6 Å². The van der Waals surface area contributed by atoms with Crippen molar-refractivity contribution in [3.8, 4) is 0 Å². The van der Waals surface area contributed by atoms with Gasteiger partial charge < -0.3 is 5.32 Å². The Kier molecular flexibility index (Phi) is 6.02. The third-order valence-electron chi connectivity index (χ3n) is 4.65. The van der Waals surface area contributed by atoms with Gasteiger partial charge in [-0.3, -0.25) is 14.5 Å². The number of hydrogen-bond donors (Lipinski definition) is 1. The number of carbonyl (C=O) groups is 2. The van der Waals surface area contributed by atoms with Gasteiger partial charge in [0.25, 0.3) is 0 Å². The zero-order valence-corrected chi connectivity index (χ0v) is 12.7. The van der Waals surface area contributed by atoms with Gasteiger partial charge in [-0.2, -0.15) is 0 Å². The van der Waals surface area contributed by atoms with Crippen LogP contribution in [0.3, 0.4) is 0 Å². The fourth-order valence-corrected chi connectivity index (χ4v) is 3.59. The fraction of sp³-hybridized carbons (Fsp3) is 0.875. The molecule has 1 saturated heterocycles. The summed E-state index contributed by atoms with van der Waals surface area (Å²) < 4.78 is 0. The van der Waals surface area contributed by atoms with Crippen molar-refractivity contribution in [1.29, 1.82) is 0 Å². The second-order valence-electron chi connectivity index (χ2n) is 6.20. The van der Waals surface area contributed by atoms with Gasteiger partial charge in [0.1, 0.15) is 5.78 Å². The fourth-order valence-electron chi connectivity index (χ4n) is 3.59. The summed E-state index contributed by atoms with van der Waals surface area (Å²) in [6.07, 6.45) is 8.39. The van der Waals surface area contributed by atoms with Crippen LogP contribution in [0, 0.1) is 5.92 Å². The Morgan fingerprint density at radius 1 is 1.25 bits per heavy atom. The van der Waals surface area contributed by atoms with E-state index in [0.717, 1.165) is 51.6 Å². The van der Waals surface area contributed by atoms with Crippen LogP contribution in [0.25, 0.3) is 0 Å². The maximum absolute atomic E-state index is 12.2. The predicted octanol–water partition coefficient (Wildman–Crippen LogP) is 2.13. The Labute approximate surface area is 122 Å². The van der Waals surface area contributed by atoms with E-state index < -0.39 is 0 Å². The van der Waals surface area contributed by atoms with Gasteiger partial charge in [0.2, 0.25) is 5.91 Å². The molecule has 0 aromatic rings. The number of rotatable bonds is 5. The molecule has 4 heteroatoms. The van der Waals surface area contributed by atoms with Crippen LogP contribution >= 0.6 is 0 Å². The lowest BCUT2D eigenvalue weighted by atomic mass is 9.79. The zero-order valence-electron chi connectivity index (χ0n) is 12.7. The molecule has 20 heavy (non-hydrogen) atoms. The first-order valence-corrected chi connectivity index (χ1v) is 8.26. The van der Waals surface area contributed by atoms with E-state index in [1.54, 1.807) is 0 Å². The number of hydrogen-bond acceptors (Lipinski definition) is 3. The van der Waals surface area contributed by atoms with Crippen LogP contribution in [-0.4, -0.2) is 42.3 Å². The Balaban J connectivity index is 1.94. The quantitative estimate of drug-likeness (QED) is 0.839. The van der Waals surface area contributed by atoms with Crippen molar-refractivity contribution in [3.05, 3.63) is 0 Å². The standard InChI is InChI=1S/C16H28N2O2/c1-2-10-17-16(20)12-18-11-6-5-8-14(18)13-7-3-4-9-15(13)19/h13-14H,2-12H2,1H3,(H,17,20). The Hall–Kier alpha value is -0.900. The summed E-state index contributed by atoms with van der Waals surface area (Å²) >= 11 is 0. The molecule has 1 aliphatic heterocycles. The molecule has 2 aliphatic rings. The van der Waals surface area contributed by atoms with Crippen LogP contribution < -0.4 is 5.32 Å². The van der Waals surface area contributed by atoms with Crippen LogP contribution in [-0.2, 0) is 9.59 Å². The van der Waals surface area contributed by atoms with Gasteiger partial charge >= 0.3 is 0 Å². The van der Waals surface area contributed by atoms with Crippen molar-refractivity contribution in [2.75, 3.05) is 19.6 Å². The van der Waals surface area contributed by atoms with E-state index in [4.69, 9.17) is 0 Å². The summed E-state index contributed by atoms with van der Waals surface area (Å²) in [5, 5.41) is 2.95. The molecule has 2 unspecified atom stereocenters. The van der Waals surface area contributed by atoms with E-state index in [1.165, 1.54) is 12.8 Å².